The summed E-state index contributed by atoms with van der Waals surface area (Å²) in [7, 11) is 0. The number of halogens is 1. The smallest absolute Gasteiger partial charge is 0.174 e. The second-order valence-electron chi connectivity index (χ2n) is 3.34. The molecule has 1 aromatic heterocycles. The van der Waals surface area contributed by atoms with Crippen molar-refractivity contribution in [1.82, 2.24) is 9.36 Å². The van der Waals surface area contributed by atoms with E-state index in [1.165, 1.54) is 11.5 Å². The number of aliphatic hydroxyl groups excluding tert-OH is 1. The quantitative estimate of drug-likeness (QED) is 0.931. The molecule has 0 amide bonds. The molecule has 0 radical (unpaired) electrons. The van der Waals surface area contributed by atoms with E-state index in [0.717, 1.165) is 31.5 Å². The number of hydrogen-bond acceptors (Lipinski definition) is 5. The van der Waals surface area contributed by atoms with E-state index >= 15 is 0 Å². The lowest BCUT2D eigenvalue weighted by atomic mass is 10.2. The van der Waals surface area contributed by atoms with Gasteiger partial charge in [-0.05, 0) is 35.3 Å². The normalized spacial score (nSPS) is 10.8. The Morgan fingerprint density at radius 3 is 2.94 bits per heavy atom. The molecule has 0 spiro atoms. The Morgan fingerprint density at radius 2 is 2.29 bits per heavy atom. The summed E-state index contributed by atoms with van der Waals surface area (Å²) >= 11 is 6.34. The van der Waals surface area contributed by atoms with Crippen molar-refractivity contribution in [2.45, 2.75) is 29.2 Å². The third-order valence-corrected chi connectivity index (χ3v) is 4.56. The van der Waals surface area contributed by atoms with Crippen molar-refractivity contribution >= 4 is 39.2 Å². The Morgan fingerprint density at radius 1 is 1.47 bits per heavy atom. The fourth-order valence-corrected chi connectivity index (χ4v) is 3.46. The summed E-state index contributed by atoms with van der Waals surface area (Å²) in [6.07, 6.45) is 0.851. The van der Waals surface area contributed by atoms with E-state index in [4.69, 9.17) is 0 Å². The van der Waals surface area contributed by atoms with Crippen LogP contribution in [0.2, 0.25) is 0 Å². The van der Waals surface area contributed by atoms with Crippen molar-refractivity contribution in [2.24, 2.45) is 0 Å². The van der Waals surface area contributed by atoms with Gasteiger partial charge in [-0.3, -0.25) is 0 Å². The number of aliphatic hydroxyl groups is 1. The van der Waals surface area contributed by atoms with Crippen molar-refractivity contribution in [2.75, 3.05) is 0 Å². The van der Waals surface area contributed by atoms with Gasteiger partial charge in [-0.25, -0.2) is 4.98 Å². The zero-order valence-corrected chi connectivity index (χ0v) is 12.4. The molecule has 0 aliphatic rings. The summed E-state index contributed by atoms with van der Waals surface area (Å²) < 4.78 is 6.13. The van der Waals surface area contributed by atoms with Crippen LogP contribution in [0, 0.1) is 0 Å². The van der Waals surface area contributed by atoms with E-state index in [1.54, 1.807) is 11.8 Å². The summed E-state index contributed by atoms with van der Waals surface area (Å²) in [5, 5.41) is 9.31. The van der Waals surface area contributed by atoms with Crippen molar-refractivity contribution in [1.29, 1.82) is 0 Å². The number of rotatable bonds is 4. The van der Waals surface area contributed by atoms with Gasteiger partial charge in [0, 0.05) is 15.8 Å². The first kappa shape index (κ1) is 13.0. The van der Waals surface area contributed by atoms with Gasteiger partial charge in [0.05, 0.1) is 6.61 Å². The molecule has 1 N–H and O–H groups in total. The molecule has 0 fully saturated rings. The van der Waals surface area contributed by atoms with Gasteiger partial charge >= 0.3 is 0 Å². The lowest BCUT2D eigenvalue weighted by Crippen LogP contribution is -1.87. The predicted octanol–water partition coefficient (Wildman–Crippen LogP) is 3.51. The minimum Gasteiger partial charge on any atom is -0.392 e. The molecule has 90 valence electrons. The Bertz CT molecular complexity index is 516. The lowest BCUT2D eigenvalue weighted by Gasteiger charge is -2.04. The van der Waals surface area contributed by atoms with Crippen molar-refractivity contribution in [3.63, 3.8) is 0 Å². The van der Waals surface area contributed by atoms with Crippen LogP contribution in [0.25, 0.3) is 0 Å². The van der Waals surface area contributed by atoms with Gasteiger partial charge in [0.1, 0.15) is 5.82 Å². The first-order valence-electron chi connectivity index (χ1n) is 5.12. The average molecular weight is 331 g/mol. The maximum absolute atomic E-state index is 9.31. The monoisotopic (exact) mass is 330 g/mol. The van der Waals surface area contributed by atoms with Crippen molar-refractivity contribution < 1.29 is 5.11 Å². The number of hydrogen-bond donors (Lipinski definition) is 1. The fraction of sp³-hybridized carbons (Fsp3) is 0.273. The van der Waals surface area contributed by atoms with Gasteiger partial charge < -0.3 is 5.11 Å². The fourth-order valence-electron chi connectivity index (χ4n) is 1.29. The second-order valence-corrected chi connectivity index (χ2v) is 6.30. The summed E-state index contributed by atoms with van der Waals surface area (Å²) in [4.78, 5) is 5.42. The molecule has 0 aliphatic heterocycles. The van der Waals surface area contributed by atoms with Gasteiger partial charge in [-0.1, -0.05) is 34.6 Å². The zero-order chi connectivity index (χ0) is 12.3. The van der Waals surface area contributed by atoms with E-state index in [9.17, 15) is 5.11 Å². The molecular weight excluding hydrogens is 320 g/mol. The molecule has 0 atom stereocenters. The molecule has 0 saturated heterocycles. The number of nitrogens with zero attached hydrogens (tertiary/aromatic N) is 2. The zero-order valence-electron chi connectivity index (χ0n) is 9.18. The van der Waals surface area contributed by atoms with E-state index in [2.05, 4.69) is 25.3 Å². The van der Waals surface area contributed by atoms with Gasteiger partial charge in [0.15, 0.2) is 4.34 Å². The van der Waals surface area contributed by atoms with Gasteiger partial charge in [0.2, 0.25) is 0 Å². The lowest BCUT2D eigenvalue weighted by molar-refractivity contribution is 0.279. The van der Waals surface area contributed by atoms with E-state index in [0.29, 0.717) is 0 Å². The maximum atomic E-state index is 9.31. The molecule has 2 rings (SSSR count). The van der Waals surface area contributed by atoms with Crippen LogP contribution in [0.3, 0.4) is 0 Å². The molecule has 0 bridgehead atoms. The molecule has 3 nitrogen and oxygen atoms in total. The van der Waals surface area contributed by atoms with E-state index in [1.807, 2.05) is 25.1 Å². The Hall–Kier alpha value is -0.430. The summed E-state index contributed by atoms with van der Waals surface area (Å²) in [5.74, 6) is 0.875. The predicted molar refractivity (Wildman–Crippen MR) is 73.5 cm³/mol. The molecule has 0 saturated carbocycles. The average Bonchev–Trinajstić information content (AvgIpc) is 2.79. The largest absolute Gasteiger partial charge is 0.392 e. The van der Waals surface area contributed by atoms with E-state index < -0.39 is 0 Å². The van der Waals surface area contributed by atoms with Crippen LogP contribution >= 0.6 is 39.2 Å². The highest BCUT2D eigenvalue weighted by Gasteiger charge is 2.08. The molecule has 1 aromatic carbocycles. The number of aromatic nitrogens is 2. The molecule has 2 aromatic rings. The second kappa shape index (κ2) is 5.95. The Kier molecular flexibility index (Phi) is 4.55. The van der Waals surface area contributed by atoms with Crippen LogP contribution in [0.4, 0.5) is 0 Å². The maximum Gasteiger partial charge on any atom is 0.174 e. The highest BCUT2D eigenvalue weighted by Crippen LogP contribution is 2.33. The van der Waals surface area contributed by atoms with Crippen LogP contribution < -0.4 is 0 Å². The highest BCUT2D eigenvalue weighted by molar-refractivity contribution is 9.10. The summed E-state index contributed by atoms with van der Waals surface area (Å²) in [5.41, 5.74) is 0.901. The molecule has 6 heteroatoms. The van der Waals surface area contributed by atoms with Gasteiger partial charge in [-0.15, -0.1) is 0 Å². The Balaban J connectivity index is 2.23. The third-order valence-electron chi connectivity index (χ3n) is 2.16. The minimum absolute atomic E-state index is 0.0290. The van der Waals surface area contributed by atoms with Crippen LogP contribution in [0.1, 0.15) is 18.3 Å². The van der Waals surface area contributed by atoms with Crippen molar-refractivity contribution in [3.05, 3.63) is 34.1 Å². The van der Waals surface area contributed by atoms with Crippen LogP contribution in [0.5, 0.6) is 0 Å². The standard InChI is InChI=1S/C11H11BrN2OS2/c1-2-10-13-11(17-14-10)16-9-4-3-8(12)5-7(9)6-15/h3-5,15H,2,6H2,1H3. The van der Waals surface area contributed by atoms with Crippen molar-refractivity contribution in [3.8, 4) is 0 Å². The molecule has 17 heavy (non-hydrogen) atoms. The third kappa shape index (κ3) is 3.28. The van der Waals surface area contributed by atoms with E-state index in [-0.39, 0.29) is 6.61 Å². The van der Waals surface area contributed by atoms with Crippen LogP contribution in [-0.2, 0) is 13.0 Å². The SMILES string of the molecule is CCc1nsc(Sc2ccc(Br)cc2CO)n1. The molecular formula is C11H11BrN2OS2. The van der Waals surface area contributed by atoms with Gasteiger partial charge in [0.25, 0.3) is 0 Å². The first-order valence-corrected chi connectivity index (χ1v) is 7.51. The Labute approximate surface area is 117 Å². The number of aryl methyl sites for hydroxylation is 1. The molecule has 0 aliphatic carbocycles. The number of benzene rings is 1. The summed E-state index contributed by atoms with van der Waals surface area (Å²) in [6.45, 7) is 2.07. The van der Waals surface area contributed by atoms with Crippen LogP contribution in [0.15, 0.2) is 31.9 Å². The molecule has 1 heterocycles. The first-order chi connectivity index (χ1) is 8.22. The van der Waals surface area contributed by atoms with Crippen LogP contribution in [-0.4, -0.2) is 14.5 Å². The summed E-state index contributed by atoms with van der Waals surface area (Å²) in [6, 6.07) is 5.86. The minimum atomic E-state index is 0.0290. The van der Waals surface area contributed by atoms with Gasteiger partial charge in [-0.2, -0.15) is 4.37 Å². The topological polar surface area (TPSA) is 46.0 Å². The molecule has 0 unspecified atom stereocenters. The highest BCUT2D eigenvalue weighted by atomic mass is 79.9.